The van der Waals surface area contributed by atoms with Gasteiger partial charge in [0, 0.05) is 23.3 Å². The Balaban J connectivity index is 1.81. The Labute approximate surface area is 177 Å². The van der Waals surface area contributed by atoms with Crippen molar-refractivity contribution in [1.29, 1.82) is 10.5 Å². The van der Waals surface area contributed by atoms with Gasteiger partial charge in [-0.2, -0.15) is 10.5 Å². The summed E-state index contributed by atoms with van der Waals surface area (Å²) in [5.41, 5.74) is 11.0. The van der Waals surface area contributed by atoms with Crippen LogP contribution in [0.5, 0.6) is 0 Å². The van der Waals surface area contributed by atoms with Crippen molar-refractivity contribution >= 4 is 28.7 Å². The molecule has 150 valence electrons. The molecule has 4 rings (SSSR count). The minimum absolute atomic E-state index is 0.00398. The number of furan rings is 1. The van der Waals surface area contributed by atoms with Crippen LogP contribution in [-0.4, -0.2) is 4.92 Å². The van der Waals surface area contributed by atoms with Crippen molar-refractivity contribution in [3.63, 3.8) is 0 Å². The van der Waals surface area contributed by atoms with Crippen molar-refractivity contribution < 1.29 is 14.3 Å². The Morgan fingerprint density at radius 2 is 1.84 bits per heavy atom. The SMILES string of the molecule is CC1=C(C#N)c2[nH+]c(N)c(C#N)c(C)c2/C1=C/c1ccc(-c2ccc([N+](=O)[O-])cc2)o1. The van der Waals surface area contributed by atoms with Gasteiger partial charge in [0.05, 0.1) is 4.92 Å². The molecule has 0 aliphatic heterocycles. The topological polar surface area (TPSA) is 144 Å². The van der Waals surface area contributed by atoms with Gasteiger partial charge in [-0.15, -0.1) is 0 Å². The lowest BCUT2D eigenvalue weighted by molar-refractivity contribution is -0.384. The molecule has 0 unspecified atom stereocenters. The largest absolute Gasteiger partial charge is 0.457 e. The van der Waals surface area contributed by atoms with Gasteiger partial charge in [-0.3, -0.25) is 15.8 Å². The highest BCUT2D eigenvalue weighted by molar-refractivity contribution is 6.07. The van der Waals surface area contributed by atoms with Gasteiger partial charge in [0.15, 0.2) is 5.69 Å². The third kappa shape index (κ3) is 3.13. The van der Waals surface area contributed by atoms with E-state index >= 15 is 0 Å². The smallest absolute Gasteiger partial charge is 0.289 e. The van der Waals surface area contributed by atoms with Crippen LogP contribution in [0.25, 0.3) is 28.5 Å². The summed E-state index contributed by atoms with van der Waals surface area (Å²) in [6, 6.07) is 14.0. The van der Waals surface area contributed by atoms with E-state index in [0.29, 0.717) is 39.5 Å². The van der Waals surface area contributed by atoms with E-state index < -0.39 is 4.92 Å². The molecule has 0 saturated heterocycles. The number of nitrogens with two attached hydrogens (primary N) is 1. The lowest BCUT2D eigenvalue weighted by Gasteiger charge is -2.07. The first-order chi connectivity index (χ1) is 14.8. The number of allylic oxidation sites excluding steroid dienone is 3. The number of nitrogen functional groups attached to an aromatic ring is 1. The third-order valence-corrected chi connectivity index (χ3v) is 5.33. The second-order valence-electron chi connectivity index (χ2n) is 7.08. The Morgan fingerprint density at radius 3 is 2.45 bits per heavy atom. The summed E-state index contributed by atoms with van der Waals surface area (Å²) < 4.78 is 5.93. The van der Waals surface area contributed by atoms with Crippen LogP contribution >= 0.6 is 0 Å². The van der Waals surface area contributed by atoms with Crippen molar-refractivity contribution in [3.8, 4) is 23.5 Å². The number of aromatic nitrogens is 1. The first kappa shape index (κ1) is 19.6. The fourth-order valence-corrected chi connectivity index (χ4v) is 3.75. The van der Waals surface area contributed by atoms with Crippen molar-refractivity contribution in [2.24, 2.45) is 0 Å². The van der Waals surface area contributed by atoms with E-state index in [-0.39, 0.29) is 11.5 Å². The number of nitriles is 2. The number of hydrogen-bond donors (Lipinski definition) is 1. The number of benzene rings is 1. The van der Waals surface area contributed by atoms with E-state index in [1.54, 1.807) is 31.2 Å². The van der Waals surface area contributed by atoms with Crippen LogP contribution < -0.4 is 10.7 Å². The van der Waals surface area contributed by atoms with Crippen LogP contribution in [0.1, 0.15) is 35.1 Å². The summed E-state index contributed by atoms with van der Waals surface area (Å²) in [6.07, 6.45) is 1.81. The van der Waals surface area contributed by atoms with Crippen molar-refractivity contribution in [2.75, 3.05) is 5.73 Å². The molecule has 1 aromatic carbocycles. The third-order valence-electron chi connectivity index (χ3n) is 5.33. The van der Waals surface area contributed by atoms with Gasteiger partial charge in [0.1, 0.15) is 34.8 Å². The van der Waals surface area contributed by atoms with E-state index in [1.165, 1.54) is 12.1 Å². The zero-order valence-electron chi connectivity index (χ0n) is 16.7. The Morgan fingerprint density at radius 1 is 1.13 bits per heavy atom. The monoisotopic (exact) mass is 410 g/mol. The number of nitrogens with one attached hydrogen (secondary N) is 1. The van der Waals surface area contributed by atoms with Crippen molar-refractivity contribution in [3.05, 3.63) is 80.2 Å². The summed E-state index contributed by atoms with van der Waals surface area (Å²) in [6.45, 7) is 3.63. The fourth-order valence-electron chi connectivity index (χ4n) is 3.75. The molecular weight excluding hydrogens is 394 g/mol. The summed E-state index contributed by atoms with van der Waals surface area (Å²) in [5.74, 6) is 1.32. The van der Waals surface area contributed by atoms with Crippen LogP contribution in [0.15, 0.2) is 46.4 Å². The van der Waals surface area contributed by atoms with Crippen LogP contribution in [0.2, 0.25) is 0 Å². The molecular formula is C23H16N5O3+. The quantitative estimate of drug-likeness (QED) is 0.504. The molecule has 31 heavy (non-hydrogen) atoms. The normalized spacial score (nSPS) is 13.7. The second kappa shape index (κ2) is 7.29. The summed E-state index contributed by atoms with van der Waals surface area (Å²) in [4.78, 5) is 13.4. The van der Waals surface area contributed by atoms with Crippen LogP contribution in [0.3, 0.4) is 0 Å². The molecule has 3 aromatic rings. The molecule has 0 atom stereocenters. The minimum Gasteiger partial charge on any atom is -0.457 e. The highest BCUT2D eigenvalue weighted by Gasteiger charge is 2.32. The number of anilines is 1. The van der Waals surface area contributed by atoms with Crippen molar-refractivity contribution in [2.45, 2.75) is 13.8 Å². The maximum absolute atomic E-state index is 10.8. The van der Waals surface area contributed by atoms with Gasteiger partial charge in [-0.25, -0.2) is 4.98 Å². The van der Waals surface area contributed by atoms with E-state index in [0.717, 1.165) is 16.7 Å². The van der Waals surface area contributed by atoms with E-state index in [9.17, 15) is 20.6 Å². The Bertz CT molecular complexity index is 1400. The zero-order valence-corrected chi connectivity index (χ0v) is 16.7. The summed E-state index contributed by atoms with van der Waals surface area (Å²) in [7, 11) is 0. The first-order valence-corrected chi connectivity index (χ1v) is 9.29. The van der Waals surface area contributed by atoms with E-state index in [1.807, 2.05) is 13.0 Å². The lowest BCUT2D eigenvalue weighted by atomic mass is 9.96. The van der Waals surface area contributed by atoms with Gasteiger partial charge in [-0.05, 0) is 60.9 Å². The predicted molar refractivity (Wildman–Crippen MR) is 114 cm³/mol. The van der Waals surface area contributed by atoms with Gasteiger partial charge in [-0.1, -0.05) is 0 Å². The molecule has 8 nitrogen and oxygen atoms in total. The number of pyridine rings is 1. The number of nitro groups is 1. The predicted octanol–water partition coefficient (Wildman–Crippen LogP) is 4.28. The standard InChI is InChI=1S/C23H15N5O3/c1-12-17(21-13(2)19(11-25)23(26)27-22(21)18(12)10-24)9-16-7-8-20(31-16)14-3-5-15(6-4-14)28(29)30/h3-9H,1-2H3,(H2,26,27)/p+1/b17-9+. The zero-order chi connectivity index (χ0) is 22.3. The number of aromatic amines is 1. The molecule has 1 aliphatic rings. The average Bonchev–Trinajstić information content (AvgIpc) is 3.31. The summed E-state index contributed by atoms with van der Waals surface area (Å²) >= 11 is 0. The van der Waals surface area contributed by atoms with Crippen LogP contribution in [-0.2, 0) is 0 Å². The lowest BCUT2D eigenvalue weighted by Crippen LogP contribution is -2.20. The average molecular weight is 410 g/mol. The van der Waals surface area contributed by atoms with E-state index in [2.05, 4.69) is 17.1 Å². The summed E-state index contributed by atoms with van der Waals surface area (Å²) in [5, 5.41) is 30.0. The van der Waals surface area contributed by atoms with Gasteiger partial charge in [0.25, 0.3) is 11.5 Å². The maximum Gasteiger partial charge on any atom is 0.289 e. The molecule has 0 fully saturated rings. The van der Waals surface area contributed by atoms with Crippen molar-refractivity contribution in [1.82, 2.24) is 0 Å². The number of H-pyrrole nitrogens is 1. The number of fused-ring (bicyclic) bond motifs is 1. The first-order valence-electron chi connectivity index (χ1n) is 9.29. The fraction of sp³-hybridized carbons (Fsp3) is 0.0870. The van der Waals surface area contributed by atoms with Crippen LogP contribution in [0, 0.1) is 39.7 Å². The van der Waals surface area contributed by atoms with E-state index in [4.69, 9.17) is 10.2 Å². The number of nitrogens with zero attached hydrogens (tertiary/aromatic N) is 3. The Hall–Kier alpha value is -4.69. The highest BCUT2D eigenvalue weighted by Crippen LogP contribution is 2.43. The Kier molecular flexibility index (Phi) is 4.61. The molecule has 0 radical (unpaired) electrons. The number of nitro benzene ring substituents is 1. The molecule has 0 amide bonds. The van der Waals surface area contributed by atoms with Gasteiger partial charge in [0.2, 0.25) is 0 Å². The van der Waals surface area contributed by atoms with Crippen LogP contribution in [0.4, 0.5) is 11.5 Å². The molecule has 2 aromatic heterocycles. The molecule has 8 heteroatoms. The number of rotatable bonds is 3. The molecule has 1 aliphatic carbocycles. The number of hydrogen-bond acceptors (Lipinski definition) is 6. The van der Waals surface area contributed by atoms with Gasteiger partial charge >= 0.3 is 0 Å². The molecule has 3 N–H and O–H groups in total. The van der Waals surface area contributed by atoms with Gasteiger partial charge < -0.3 is 4.42 Å². The molecule has 0 bridgehead atoms. The second-order valence-corrected chi connectivity index (χ2v) is 7.08. The molecule has 2 heterocycles. The number of non-ortho nitro benzene ring substituents is 1. The highest BCUT2D eigenvalue weighted by atomic mass is 16.6. The molecule has 0 saturated carbocycles. The minimum atomic E-state index is -0.456. The maximum atomic E-state index is 10.8. The molecule has 0 spiro atoms.